The molecule has 19 heavy (non-hydrogen) atoms. The van der Waals surface area contributed by atoms with Crippen molar-refractivity contribution in [2.24, 2.45) is 0 Å². The first kappa shape index (κ1) is 14.0. The zero-order valence-corrected chi connectivity index (χ0v) is 12.4. The molecule has 0 radical (unpaired) electrons. The van der Waals surface area contributed by atoms with Crippen LogP contribution in [-0.2, 0) is 0 Å². The molecule has 2 rings (SSSR count). The molecule has 0 amide bonds. The Labute approximate surface area is 117 Å². The molecule has 2 aromatic rings. The first-order valence-electron chi connectivity index (χ1n) is 6.14. The van der Waals surface area contributed by atoms with Crippen molar-refractivity contribution in [3.05, 3.63) is 51.0 Å². The Kier molecular flexibility index (Phi) is 4.22. The molecule has 1 aromatic carbocycles. The predicted octanol–water partition coefficient (Wildman–Crippen LogP) is 3.82. The van der Waals surface area contributed by atoms with E-state index in [4.69, 9.17) is 4.74 Å². The van der Waals surface area contributed by atoms with Crippen molar-refractivity contribution in [2.45, 2.75) is 19.9 Å². The number of hydrogen-bond acceptors (Lipinski definition) is 3. The van der Waals surface area contributed by atoms with Gasteiger partial charge < -0.3 is 10.1 Å². The summed E-state index contributed by atoms with van der Waals surface area (Å²) in [7, 11) is 3.36. The van der Waals surface area contributed by atoms with Crippen LogP contribution in [0.2, 0.25) is 0 Å². The summed E-state index contributed by atoms with van der Waals surface area (Å²) < 4.78 is 18.8. The Morgan fingerprint density at radius 1 is 1.26 bits per heavy atom. The summed E-state index contributed by atoms with van der Waals surface area (Å²) in [5.74, 6) is -0.0520. The molecule has 1 atom stereocenters. The Hall–Kier alpha value is -1.39. The lowest BCUT2D eigenvalue weighted by Crippen LogP contribution is -2.17. The summed E-state index contributed by atoms with van der Waals surface area (Å²) in [6.45, 7) is 4.17. The molecule has 2 nitrogen and oxygen atoms in total. The largest absolute Gasteiger partial charge is 0.494 e. The Morgan fingerprint density at radius 2 is 2.00 bits per heavy atom. The molecule has 1 N–H and O–H groups in total. The number of hydrogen-bond donors (Lipinski definition) is 1. The second-order valence-electron chi connectivity index (χ2n) is 4.52. The number of methoxy groups -OCH3 is 1. The van der Waals surface area contributed by atoms with Gasteiger partial charge >= 0.3 is 0 Å². The van der Waals surface area contributed by atoms with Crippen LogP contribution in [0, 0.1) is 19.7 Å². The van der Waals surface area contributed by atoms with E-state index in [2.05, 4.69) is 25.2 Å². The van der Waals surface area contributed by atoms with Gasteiger partial charge in [-0.05, 0) is 50.2 Å². The van der Waals surface area contributed by atoms with E-state index >= 15 is 0 Å². The molecule has 1 aromatic heterocycles. The van der Waals surface area contributed by atoms with Gasteiger partial charge in [-0.2, -0.15) is 0 Å². The predicted molar refractivity (Wildman–Crippen MR) is 77.6 cm³/mol. The number of nitrogens with one attached hydrogen (secondary N) is 1. The SMILES string of the molecule is CNC(c1ccc(OC)c(F)c1)c1sc(C)cc1C. The highest BCUT2D eigenvalue weighted by Gasteiger charge is 2.18. The minimum atomic E-state index is -0.328. The van der Waals surface area contributed by atoms with Gasteiger partial charge in [-0.25, -0.2) is 4.39 Å². The number of halogens is 1. The smallest absolute Gasteiger partial charge is 0.165 e. The summed E-state index contributed by atoms with van der Waals surface area (Å²) in [6.07, 6.45) is 0. The van der Waals surface area contributed by atoms with E-state index in [0.717, 1.165) is 5.56 Å². The topological polar surface area (TPSA) is 21.3 Å². The molecule has 1 heterocycles. The molecule has 0 aliphatic rings. The van der Waals surface area contributed by atoms with Crippen molar-refractivity contribution < 1.29 is 9.13 Å². The molecule has 102 valence electrons. The van der Waals surface area contributed by atoms with E-state index < -0.39 is 0 Å². The van der Waals surface area contributed by atoms with Gasteiger partial charge in [0.15, 0.2) is 11.6 Å². The van der Waals surface area contributed by atoms with Crippen LogP contribution in [0.15, 0.2) is 24.3 Å². The highest BCUT2D eigenvalue weighted by Crippen LogP contribution is 2.33. The molecule has 0 saturated carbocycles. The van der Waals surface area contributed by atoms with Gasteiger partial charge in [-0.3, -0.25) is 0 Å². The summed E-state index contributed by atoms with van der Waals surface area (Å²) >= 11 is 1.74. The molecule has 1 unspecified atom stereocenters. The molecule has 0 aliphatic carbocycles. The van der Waals surface area contributed by atoms with Crippen LogP contribution < -0.4 is 10.1 Å². The van der Waals surface area contributed by atoms with E-state index in [-0.39, 0.29) is 17.6 Å². The van der Waals surface area contributed by atoms with E-state index in [1.54, 1.807) is 17.4 Å². The average Bonchev–Trinajstić information content (AvgIpc) is 2.70. The third-order valence-electron chi connectivity index (χ3n) is 3.14. The van der Waals surface area contributed by atoms with Crippen molar-refractivity contribution in [3.63, 3.8) is 0 Å². The van der Waals surface area contributed by atoms with Gasteiger partial charge in [0.25, 0.3) is 0 Å². The summed E-state index contributed by atoms with van der Waals surface area (Å²) in [6, 6.07) is 7.28. The Morgan fingerprint density at radius 3 is 2.47 bits per heavy atom. The van der Waals surface area contributed by atoms with Crippen molar-refractivity contribution in [1.29, 1.82) is 0 Å². The zero-order chi connectivity index (χ0) is 14.0. The number of rotatable bonds is 4. The highest BCUT2D eigenvalue weighted by molar-refractivity contribution is 7.12. The molecular weight excluding hydrogens is 261 g/mol. The fourth-order valence-corrected chi connectivity index (χ4v) is 3.43. The van der Waals surface area contributed by atoms with E-state index in [1.807, 2.05) is 13.1 Å². The van der Waals surface area contributed by atoms with Crippen LogP contribution in [0.1, 0.15) is 26.9 Å². The van der Waals surface area contributed by atoms with Gasteiger partial charge in [0, 0.05) is 9.75 Å². The van der Waals surface area contributed by atoms with E-state index in [9.17, 15) is 4.39 Å². The third kappa shape index (κ3) is 2.80. The molecule has 0 aliphatic heterocycles. The van der Waals surface area contributed by atoms with Crippen molar-refractivity contribution in [2.75, 3.05) is 14.2 Å². The van der Waals surface area contributed by atoms with E-state index in [1.165, 1.54) is 28.5 Å². The number of thiophene rings is 1. The lowest BCUT2D eigenvalue weighted by Gasteiger charge is -2.17. The number of benzene rings is 1. The second kappa shape index (κ2) is 5.72. The van der Waals surface area contributed by atoms with Gasteiger partial charge in [-0.1, -0.05) is 6.07 Å². The number of ether oxygens (including phenoxy) is 1. The normalized spacial score (nSPS) is 12.5. The van der Waals surface area contributed by atoms with Gasteiger partial charge in [0.2, 0.25) is 0 Å². The lowest BCUT2D eigenvalue weighted by molar-refractivity contribution is 0.386. The maximum atomic E-state index is 13.8. The fraction of sp³-hybridized carbons (Fsp3) is 0.333. The van der Waals surface area contributed by atoms with Gasteiger partial charge in [0.1, 0.15) is 0 Å². The molecular formula is C15H18FNOS. The van der Waals surface area contributed by atoms with Crippen LogP contribution in [0.25, 0.3) is 0 Å². The minimum Gasteiger partial charge on any atom is -0.494 e. The minimum absolute atomic E-state index is 0.0131. The molecule has 4 heteroatoms. The molecule has 0 bridgehead atoms. The maximum Gasteiger partial charge on any atom is 0.165 e. The maximum absolute atomic E-state index is 13.8. The lowest BCUT2D eigenvalue weighted by atomic mass is 10.0. The van der Waals surface area contributed by atoms with Crippen LogP contribution in [0.5, 0.6) is 5.75 Å². The summed E-state index contributed by atoms with van der Waals surface area (Å²) in [5.41, 5.74) is 2.14. The molecule has 0 spiro atoms. The number of aryl methyl sites for hydroxylation is 2. The van der Waals surface area contributed by atoms with Crippen molar-refractivity contribution >= 4 is 11.3 Å². The van der Waals surface area contributed by atoms with Gasteiger partial charge in [-0.15, -0.1) is 11.3 Å². The second-order valence-corrected chi connectivity index (χ2v) is 5.81. The molecule has 0 fully saturated rings. The van der Waals surface area contributed by atoms with Gasteiger partial charge in [0.05, 0.1) is 13.2 Å². The monoisotopic (exact) mass is 279 g/mol. The van der Waals surface area contributed by atoms with Crippen LogP contribution >= 0.6 is 11.3 Å². The highest BCUT2D eigenvalue weighted by atomic mass is 32.1. The van der Waals surface area contributed by atoms with Crippen LogP contribution in [0.3, 0.4) is 0 Å². The molecule has 0 saturated heterocycles. The van der Waals surface area contributed by atoms with Crippen LogP contribution in [-0.4, -0.2) is 14.2 Å². The zero-order valence-electron chi connectivity index (χ0n) is 11.6. The summed E-state index contributed by atoms with van der Waals surface area (Å²) in [5, 5.41) is 3.26. The fourth-order valence-electron chi connectivity index (χ4n) is 2.26. The Balaban J connectivity index is 2.42. The standard InChI is InChI=1S/C15H18FNOS/c1-9-7-10(2)19-15(9)14(17-3)11-5-6-13(18-4)12(16)8-11/h5-8,14,17H,1-4H3. The van der Waals surface area contributed by atoms with E-state index in [0.29, 0.717) is 0 Å². The summed E-state index contributed by atoms with van der Waals surface area (Å²) in [4.78, 5) is 2.49. The van der Waals surface area contributed by atoms with Crippen LogP contribution in [0.4, 0.5) is 4.39 Å². The quantitative estimate of drug-likeness (QED) is 0.918. The Bertz CT molecular complexity index is 580. The average molecular weight is 279 g/mol. The van der Waals surface area contributed by atoms with Crippen molar-refractivity contribution in [1.82, 2.24) is 5.32 Å². The van der Waals surface area contributed by atoms with Crippen molar-refractivity contribution in [3.8, 4) is 5.75 Å². The first-order valence-corrected chi connectivity index (χ1v) is 6.96. The third-order valence-corrected chi connectivity index (χ3v) is 4.36. The first-order chi connectivity index (χ1) is 9.06.